The Morgan fingerprint density at radius 3 is 2.33 bits per heavy atom. The van der Waals surface area contributed by atoms with E-state index in [4.69, 9.17) is 0 Å². The van der Waals surface area contributed by atoms with Crippen LogP contribution in [0.4, 0.5) is 0 Å². The minimum absolute atomic E-state index is 0. The Labute approximate surface area is 136 Å². The third-order valence-electron chi connectivity index (χ3n) is 5.28. The summed E-state index contributed by atoms with van der Waals surface area (Å²) in [4.78, 5) is 2.83. The lowest BCUT2D eigenvalue weighted by molar-refractivity contribution is 0.112. The molecule has 2 fully saturated rings. The summed E-state index contributed by atoms with van der Waals surface area (Å²) in [5.74, 6) is 0.986. The molecule has 1 atom stereocenters. The maximum Gasteiger partial charge on any atom is 0.0136 e. The van der Waals surface area contributed by atoms with Crippen molar-refractivity contribution in [3.63, 3.8) is 0 Å². The lowest BCUT2D eigenvalue weighted by atomic mass is 9.87. The molecular formula is C19H30ClN. The van der Waals surface area contributed by atoms with Crippen molar-refractivity contribution >= 4 is 12.4 Å². The van der Waals surface area contributed by atoms with Crippen LogP contribution in [0.3, 0.4) is 0 Å². The van der Waals surface area contributed by atoms with E-state index in [0.29, 0.717) is 0 Å². The fourth-order valence-corrected chi connectivity index (χ4v) is 4.12. The average molecular weight is 308 g/mol. The van der Waals surface area contributed by atoms with Gasteiger partial charge >= 0.3 is 0 Å². The van der Waals surface area contributed by atoms with Crippen molar-refractivity contribution in [2.75, 3.05) is 13.1 Å². The predicted molar refractivity (Wildman–Crippen MR) is 93.2 cm³/mol. The van der Waals surface area contributed by atoms with Gasteiger partial charge in [-0.25, -0.2) is 0 Å². The highest BCUT2D eigenvalue weighted by Crippen LogP contribution is 2.28. The molecule has 1 aliphatic carbocycles. The number of benzene rings is 1. The Kier molecular flexibility index (Phi) is 7.06. The molecule has 0 spiro atoms. The molecule has 2 heteroatoms. The number of rotatable bonds is 4. The Bertz CT molecular complexity index is 386. The maximum absolute atomic E-state index is 2.83. The van der Waals surface area contributed by atoms with Gasteiger partial charge in [-0.05, 0) is 50.1 Å². The van der Waals surface area contributed by atoms with Gasteiger partial charge < -0.3 is 0 Å². The van der Waals surface area contributed by atoms with E-state index >= 15 is 0 Å². The summed E-state index contributed by atoms with van der Waals surface area (Å²) in [5, 5.41) is 0. The van der Waals surface area contributed by atoms with Crippen LogP contribution < -0.4 is 0 Å². The molecule has 1 heterocycles. The van der Waals surface area contributed by atoms with E-state index in [-0.39, 0.29) is 12.4 Å². The van der Waals surface area contributed by atoms with E-state index in [1.165, 1.54) is 76.4 Å². The van der Waals surface area contributed by atoms with Crippen LogP contribution in [0.1, 0.15) is 56.9 Å². The molecule has 0 aromatic heterocycles. The summed E-state index contributed by atoms with van der Waals surface area (Å²) < 4.78 is 0. The molecule has 0 amide bonds. The largest absolute Gasteiger partial charge is 0.300 e. The third kappa shape index (κ3) is 5.00. The van der Waals surface area contributed by atoms with Crippen LogP contribution >= 0.6 is 12.4 Å². The zero-order valence-corrected chi connectivity index (χ0v) is 14.0. The monoisotopic (exact) mass is 307 g/mol. The Hall–Kier alpha value is -0.530. The Morgan fingerprint density at radius 1 is 0.857 bits per heavy atom. The van der Waals surface area contributed by atoms with E-state index in [0.717, 1.165) is 12.0 Å². The average Bonchev–Trinajstić information content (AvgIpc) is 2.51. The first-order valence-corrected chi connectivity index (χ1v) is 8.70. The van der Waals surface area contributed by atoms with E-state index in [1.54, 1.807) is 0 Å². The molecule has 0 radical (unpaired) electrons. The molecule has 1 unspecified atom stereocenters. The van der Waals surface area contributed by atoms with Crippen LogP contribution in [0.15, 0.2) is 30.3 Å². The topological polar surface area (TPSA) is 3.24 Å². The smallest absolute Gasteiger partial charge is 0.0136 e. The minimum atomic E-state index is 0. The van der Waals surface area contributed by atoms with Crippen molar-refractivity contribution in [3.05, 3.63) is 35.9 Å². The van der Waals surface area contributed by atoms with Crippen LogP contribution in [-0.2, 0) is 6.42 Å². The van der Waals surface area contributed by atoms with Gasteiger partial charge in [-0.1, -0.05) is 56.0 Å². The summed E-state index contributed by atoms with van der Waals surface area (Å²) in [7, 11) is 0. The predicted octanol–water partition coefficient (Wildman–Crippen LogP) is 5.09. The molecule has 1 aliphatic heterocycles. The summed E-state index contributed by atoms with van der Waals surface area (Å²) in [6.07, 6.45) is 12.9. The van der Waals surface area contributed by atoms with Crippen molar-refractivity contribution in [2.45, 2.75) is 63.8 Å². The van der Waals surface area contributed by atoms with Crippen molar-refractivity contribution in [3.8, 4) is 0 Å². The fourth-order valence-electron chi connectivity index (χ4n) is 4.12. The Balaban J connectivity index is 0.00000161. The van der Waals surface area contributed by atoms with E-state index < -0.39 is 0 Å². The minimum Gasteiger partial charge on any atom is -0.300 e. The summed E-state index contributed by atoms with van der Waals surface area (Å²) >= 11 is 0. The van der Waals surface area contributed by atoms with E-state index in [2.05, 4.69) is 35.2 Å². The zero-order chi connectivity index (χ0) is 13.6. The molecule has 118 valence electrons. The first kappa shape index (κ1) is 16.8. The molecule has 1 nitrogen and oxygen atoms in total. The highest BCUT2D eigenvalue weighted by Gasteiger charge is 2.25. The van der Waals surface area contributed by atoms with Crippen molar-refractivity contribution in [1.82, 2.24) is 4.90 Å². The molecule has 1 aromatic carbocycles. The highest BCUT2D eigenvalue weighted by molar-refractivity contribution is 5.85. The second kappa shape index (κ2) is 8.80. The highest BCUT2D eigenvalue weighted by atomic mass is 35.5. The maximum atomic E-state index is 2.83. The number of hydrogen-bond donors (Lipinski definition) is 0. The second-order valence-electron chi connectivity index (χ2n) is 6.84. The first-order valence-electron chi connectivity index (χ1n) is 8.70. The van der Waals surface area contributed by atoms with Gasteiger partial charge in [-0.2, -0.15) is 0 Å². The summed E-state index contributed by atoms with van der Waals surface area (Å²) in [6, 6.07) is 11.9. The third-order valence-corrected chi connectivity index (χ3v) is 5.28. The van der Waals surface area contributed by atoms with Gasteiger partial charge in [0, 0.05) is 12.6 Å². The molecule has 1 aromatic rings. The van der Waals surface area contributed by atoms with Gasteiger partial charge in [0.2, 0.25) is 0 Å². The van der Waals surface area contributed by atoms with Crippen LogP contribution in [0.5, 0.6) is 0 Å². The molecule has 21 heavy (non-hydrogen) atoms. The molecule has 3 rings (SSSR count). The normalized spacial score (nSPS) is 24.5. The van der Waals surface area contributed by atoms with Crippen LogP contribution in [0.25, 0.3) is 0 Å². The zero-order valence-electron chi connectivity index (χ0n) is 13.2. The standard InChI is InChI=1S/C19H29N.ClH/c1-3-9-17(10-4-1)15-19-13-7-8-14-20(19)16-18-11-5-2-6-12-18;/h1,3-4,9-10,18-19H,2,5-8,11-16H2;1H. The van der Waals surface area contributed by atoms with E-state index in [9.17, 15) is 0 Å². The number of piperidine rings is 1. The fraction of sp³-hybridized carbons (Fsp3) is 0.684. The Morgan fingerprint density at radius 2 is 1.57 bits per heavy atom. The molecule has 0 N–H and O–H groups in total. The molecule has 1 saturated heterocycles. The SMILES string of the molecule is Cl.c1ccc(CC2CCCCN2CC2CCCCC2)cc1. The summed E-state index contributed by atoms with van der Waals surface area (Å²) in [5.41, 5.74) is 1.52. The molecule has 0 bridgehead atoms. The molecular weight excluding hydrogens is 278 g/mol. The van der Waals surface area contributed by atoms with Gasteiger partial charge in [-0.3, -0.25) is 4.90 Å². The van der Waals surface area contributed by atoms with Crippen LogP contribution in [0.2, 0.25) is 0 Å². The quantitative estimate of drug-likeness (QED) is 0.749. The van der Waals surface area contributed by atoms with Crippen LogP contribution in [0, 0.1) is 5.92 Å². The number of hydrogen-bond acceptors (Lipinski definition) is 1. The van der Waals surface area contributed by atoms with Gasteiger partial charge in [0.15, 0.2) is 0 Å². The second-order valence-corrected chi connectivity index (χ2v) is 6.84. The van der Waals surface area contributed by atoms with Gasteiger partial charge in [0.1, 0.15) is 0 Å². The van der Waals surface area contributed by atoms with E-state index in [1.807, 2.05) is 0 Å². The lowest BCUT2D eigenvalue weighted by Gasteiger charge is -2.39. The van der Waals surface area contributed by atoms with Crippen molar-refractivity contribution < 1.29 is 0 Å². The lowest BCUT2D eigenvalue weighted by Crippen LogP contribution is -2.43. The number of likely N-dealkylation sites (tertiary alicyclic amines) is 1. The van der Waals surface area contributed by atoms with Crippen molar-refractivity contribution in [2.24, 2.45) is 5.92 Å². The van der Waals surface area contributed by atoms with Crippen LogP contribution in [-0.4, -0.2) is 24.0 Å². The number of nitrogens with zero attached hydrogens (tertiary/aromatic N) is 1. The summed E-state index contributed by atoms with van der Waals surface area (Å²) in [6.45, 7) is 2.71. The van der Waals surface area contributed by atoms with Gasteiger partial charge in [0.05, 0.1) is 0 Å². The number of halogens is 1. The van der Waals surface area contributed by atoms with Gasteiger partial charge in [0.25, 0.3) is 0 Å². The van der Waals surface area contributed by atoms with Crippen molar-refractivity contribution in [1.29, 1.82) is 0 Å². The molecule has 1 saturated carbocycles. The molecule has 2 aliphatic rings. The first-order chi connectivity index (χ1) is 9.92. The van der Waals surface area contributed by atoms with Gasteiger partial charge in [-0.15, -0.1) is 12.4 Å².